The molecule has 0 amide bonds. The molecule has 0 aliphatic carbocycles. The summed E-state index contributed by atoms with van der Waals surface area (Å²) in [6.07, 6.45) is 4.90. The summed E-state index contributed by atoms with van der Waals surface area (Å²) >= 11 is 1.89. The molecule has 0 fully saturated rings. The van der Waals surface area contributed by atoms with E-state index in [1.54, 1.807) is 0 Å². The molecule has 1 atom stereocenters. The molecule has 1 unspecified atom stereocenters. The molecule has 86 valence electrons. The van der Waals surface area contributed by atoms with Crippen molar-refractivity contribution in [1.82, 2.24) is 9.55 Å². The van der Waals surface area contributed by atoms with Crippen molar-refractivity contribution in [3.63, 3.8) is 0 Å². The van der Waals surface area contributed by atoms with Gasteiger partial charge in [0.05, 0.1) is 6.33 Å². The van der Waals surface area contributed by atoms with Gasteiger partial charge in [-0.25, -0.2) is 4.98 Å². The van der Waals surface area contributed by atoms with Gasteiger partial charge < -0.3 is 10.3 Å². The van der Waals surface area contributed by atoms with Gasteiger partial charge in [-0.15, -0.1) is 0 Å². The van der Waals surface area contributed by atoms with E-state index >= 15 is 0 Å². The van der Waals surface area contributed by atoms with Crippen molar-refractivity contribution in [2.75, 3.05) is 5.75 Å². The highest BCUT2D eigenvalue weighted by Crippen LogP contribution is 2.16. The number of rotatable bonds is 6. The predicted molar refractivity (Wildman–Crippen MR) is 67.0 cm³/mol. The number of nitrogens with zero attached hydrogens (tertiary/aromatic N) is 2. The van der Waals surface area contributed by atoms with Gasteiger partial charge in [-0.05, 0) is 20.3 Å². The molecule has 1 aromatic rings. The van der Waals surface area contributed by atoms with Gasteiger partial charge in [-0.3, -0.25) is 0 Å². The normalized spacial score (nSPS) is 13.4. The Hall–Kier alpha value is -0.480. The Morgan fingerprint density at radius 3 is 2.87 bits per heavy atom. The van der Waals surface area contributed by atoms with E-state index in [1.807, 2.05) is 24.3 Å². The summed E-state index contributed by atoms with van der Waals surface area (Å²) in [4.78, 5) is 4.18. The molecule has 1 heterocycles. The first kappa shape index (κ1) is 12.6. The first-order chi connectivity index (χ1) is 7.15. The molecule has 1 aromatic heterocycles. The van der Waals surface area contributed by atoms with Crippen LogP contribution in [0, 0.1) is 0 Å². The molecular formula is C11H21N3S. The lowest BCUT2D eigenvalue weighted by molar-refractivity contribution is 0.583. The highest BCUT2D eigenvalue weighted by Gasteiger charge is 2.06. The third-order valence-electron chi connectivity index (χ3n) is 2.41. The minimum absolute atomic E-state index is 0.324. The minimum atomic E-state index is 0.324. The second-order valence-corrected chi connectivity index (χ2v) is 5.10. The molecule has 2 N–H and O–H groups in total. The molecule has 0 aliphatic rings. The molecular weight excluding hydrogens is 206 g/mol. The zero-order chi connectivity index (χ0) is 11.3. The van der Waals surface area contributed by atoms with E-state index in [4.69, 9.17) is 5.73 Å². The minimum Gasteiger partial charge on any atom is -0.331 e. The number of hydrogen-bond donors (Lipinski definition) is 1. The van der Waals surface area contributed by atoms with Gasteiger partial charge in [-0.1, -0.05) is 6.92 Å². The van der Waals surface area contributed by atoms with E-state index < -0.39 is 0 Å². The maximum absolute atomic E-state index is 5.87. The number of thioether (sulfide) groups is 1. The molecule has 15 heavy (non-hydrogen) atoms. The Kier molecular flexibility index (Phi) is 5.19. The van der Waals surface area contributed by atoms with Crippen molar-refractivity contribution >= 4 is 11.8 Å². The fraction of sp³-hybridized carbons (Fsp3) is 0.727. The van der Waals surface area contributed by atoms with Crippen molar-refractivity contribution in [1.29, 1.82) is 0 Å². The lowest BCUT2D eigenvalue weighted by Crippen LogP contribution is -2.21. The first-order valence-corrected chi connectivity index (χ1v) is 6.64. The quantitative estimate of drug-likeness (QED) is 0.811. The van der Waals surface area contributed by atoms with Gasteiger partial charge in [0.2, 0.25) is 0 Å². The Labute approximate surface area is 96.5 Å². The van der Waals surface area contributed by atoms with Crippen LogP contribution in [0.25, 0.3) is 0 Å². The predicted octanol–water partition coefficient (Wildman–Crippen LogP) is 2.43. The summed E-state index contributed by atoms with van der Waals surface area (Å²) in [5.41, 5.74) is 7.16. The average molecular weight is 227 g/mol. The highest BCUT2D eigenvalue weighted by atomic mass is 32.2. The van der Waals surface area contributed by atoms with E-state index in [0.29, 0.717) is 12.1 Å². The Balaban J connectivity index is 2.40. The van der Waals surface area contributed by atoms with Crippen molar-refractivity contribution in [3.8, 4) is 0 Å². The second-order valence-electron chi connectivity index (χ2n) is 4.07. The van der Waals surface area contributed by atoms with Crippen LogP contribution in [0.4, 0.5) is 0 Å². The summed E-state index contributed by atoms with van der Waals surface area (Å²) in [5, 5.41) is 0. The lowest BCUT2D eigenvalue weighted by Gasteiger charge is -2.12. The van der Waals surface area contributed by atoms with Crippen LogP contribution in [0.3, 0.4) is 0 Å². The van der Waals surface area contributed by atoms with Crippen LogP contribution in [0.5, 0.6) is 0 Å². The third-order valence-corrected chi connectivity index (χ3v) is 3.57. The molecule has 0 aromatic carbocycles. The van der Waals surface area contributed by atoms with Crippen LogP contribution in [0.2, 0.25) is 0 Å². The Morgan fingerprint density at radius 1 is 1.53 bits per heavy atom. The highest BCUT2D eigenvalue weighted by molar-refractivity contribution is 7.98. The summed E-state index contributed by atoms with van der Waals surface area (Å²) < 4.78 is 2.21. The van der Waals surface area contributed by atoms with Crippen LogP contribution >= 0.6 is 11.8 Å². The van der Waals surface area contributed by atoms with Crippen molar-refractivity contribution in [2.24, 2.45) is 5.73 Å². The van der Waals surface area contributed by atoms with Crippen molar-refractivity contribution in [2.45, 2.75) is 45.0 Å². The van der Waals surface area contributed by atoms with Crippen LogP contribution in [0.1, 0.15) is 38.9 Å². The molecule has 0 radical (unpaired) electrons. The number of imidazole rings is 1. The number of aromatic nitrogens is 2. The standard InChI is InChI=1S/C11H21N3S/c1-4-10(12)6-15-7-11-5-13-8-14(11)9(2)3/h5,8-10H,4,6-7,12H2,1-3H3. The molecule has 4 heteroatoms. The van der Waals surface area contributed by atoms with Crippen LogP contribution in [-0.2, 0) is 5.75 Å². The van der Waals surface area contributed by atoms with E-state index in [1.165, 1.54) is 5.69 Å². The summed E-state index contributed by atoms with van der Waals surface area (Å²) in [6, 6.07) is 0.813. The fourth-order valence-corrected chi connectivity index (χ4v) is 2.43. The smallest absolute Gasteiger partial charge is 0.0950 e. The zero-order valence-electron chi connectivity index (χ0n) is 9.81. The van der Waals surface area contributed by atoms with Crippen LogP contribution in [-0.4, -0.2) is 21.3 Å². The third kappa shape index (κ3) is 3.87. The van der Waals surface area contributed by atoms with Gasteiger partial charge >= 0.3 is 0 Å². The number of hydrogen-bond acceptors (Lipinski definition) is 3. The summed E-state index contributed by atoms with van der Waals surface area (Å²) in [6.45, 7) is 6.48. The molecule has 0 bridgehead atoms. The SMILES string of the molecule is CCC(N)CSCc1cncn1C(C)C. The molecule has 0 spiro atoms. The van der Waals surface area contributed by atoms with Crippen molar-refractivity contribution in [3.05, 3.63) is 18.2 Å². The maximum Gasteiger partial charge on any atom is 0.0950 e. The van der Waals surface area contributed by atoms with E-state index in [9.17, 15) is 0 Å². The lowest BCUT2D eigenvalue weighted by atomic mass is 10.3. The van der Waals surface area contributed by atoms with Crippen LogP contribution in [0.15, 0.2) is 12.5 Å². The topological polar surface area (TPSA) is 43.8 Å². The summed E-state index contributed by atoms with van der Waals surface area (Å²) in [7, 11) is 0. The van der Waals surface area contributed by atoms with Gasteiger partial charge in [0.15, 0.2) is 0 Å². The Bertz CT molecular complexity index is 283. The molecule has 1 rings (SSSR count). The fourth-order valence-electron chi connectivity index (χ4n) is 1.34. The van der Waals surface area contributed by atoms with Gasteiger partial charge in [0, 0.05) is 35.5 Å². The van der Waals surface area contributed by atoms with Crippen molar-refractivity contribution < 1.29 is 0 Å². The van der Waals surface area contributed by atoms with Crippen LogP contribution < -0.4 is 5.73 Å². The molecule has 0 aliphatic heterocycles. The van der Waals surface area contributed by atoms with Gasteiger partial charge in [0.25, 0.3) is 0 Å². The first-order valence-electron chi connectivity index (χ1n) is 5.49. The number of nitrogens with two attached hydrogens (primary N) is 1. The van der Waals surface area contributed by atoms with Gasteiger partial charge in [-0.2, -0.15) is 11.8 Å². The molecule has 0 saturated heterocycles. The monoisotopic (exact) mass is 227 g/mol. The largest absolute Gasteiger partial charge is 0.331 e. The summed E-state index contributed by atoms with van der Waals surface area (Å²) in [5.74, 6) is 2.03. The van der Waals surface area contributed by atoms with E-state index in [0.717, 1.165) is 17.9 Å². The van der Waals surface area contributed by atoms with E-state index in [2.05, 4.69) is 30.3 Å². The van der Waals surface area contributed by atoms with E-state index in [-0.39, 0.29) is 0 Å². The maximum atomic E-state index is 5.87. The molecule has 3 nitrogen and oxygen atoms in total. The molecule has 0 saturated carbocycles. The Morgan fingerprint density at radius 2 is 2.27 bits per heavy atom. The second kappa shape index (κ2) is 6.18. The zero-order valence-corrected chi connectivity index (χ0v) is 10.6. The average Bonchev–Trinajstić information content (AvgIpc) is 2.65. The van der Waals surface area contributed by atoms with Gasteiger partial charge in [0.1, 0.15) is 0 Å².